The minimum atomic E-state index is -3.45. The molecule has 0 amide bonds. The van der Waals surface area contributed by atoms with E-state index in [4.69, 9.17) is 5.73 Å². The molecule has 1 fully saturated rings. The molecule has 26 heavy (non-hydrogen) atoms. The van der Waals surface area contributed by atoms with Crippen molar-refractivity contribution in [1.29, 1.82) is 0 Å². The number of hydrogen-bond donors (Lipinski definition) is 3. The van der Waals surface area contributed by atoms with E-state index in [0.717, 1.165) is 24.8 Å². The number of hydrogen-bond acceptors (Lipinski definition) is 7. The molecule has 10 heteroatoms. The Morgan fingerprint density at radius 3 is 2.42 bits per heavy atom. The first-order valence-electron chi connectivity index (χ1n) is 8.13. The minimum Gasteiger partial charge on any atom is -0.368 e. The number of nitrogens with zero attached hydrogens (tertiary/aromatic N) is 4. The highest BCUT2D eigenvalue weighted by atomic mass is 32.2. The Morgan fingerprint density at radius 2 is 1.73 bits per heavy atom. The highest BCUT2D eigenvalue weighted by molar-refractivity contribution is 7.89. The third-order valence-electron chi connectivity index (χ3n) is 4.38. The summed E-state index contributed by atoms with van der Waals surface area (Å²) < 4.78 is 27.0. The molecule has 1 aliphatic heterocycles. The molecule has 1 saturated heterocycles. The maximum absolute atomic E-state index is 12.7. The van der Waals surface area contributed by atoms with Crippen LogP contribution in [0, 0.1) is 0 Å². The van der Waals surface area contributed by atoms with Crippen LogP contribution in [0.15, 0.2) is 35.5 Å². The fraction of sp³-hybridized carbons (Fsp3) is 0.312. The lowest BCUT2D eigenvalue weighted by Gasteiger charge is -2.25. The summed E-state index contributed by atoms with van der Waals surface area (Å²) in [7, 11) is -3.45. The van der Waals surface area contributed by atoms with Crippen LogP contribution >= 0.6 is 0 Å². The van der Waals surface area contributed by atoms with Crippen molar-refractivity contribution in [2.24, 2.45) is 0 Å². The van der Waals surface area contributed by atoms with E-state index in [2.05, 4.69) is 19.9 Å². The molecule has 4 rings (SSSR count). The number of aromatic amines is 1. The predicted molar refractivity (Wildman–Crippen MR) is 99.2 cm³/mol. The first-order chi connectivity index (χ1) is 12.1. The molecule has 0 unspecified atom stereocenters. The third kappa shape index (κ3) is 3.14. The molecule has 3 aromatic rings. The molecule has 6 N–H and O–H groups in total. The molecule has 0 aliphatic carbocycles. The van der Waals surface area contributed by atoms with Crippen LogP contribution in [-0.2, 0) is 10.0 Å². The highest BCUT2D eigenvalue weighted by Gasteiger charge is 2.25. The van der Waals surface area contributed by atoms with Gasteiger partial charge < -0.3 is 16.9 Å². The molecule has 0 bridgehead atoms. The van der Waals surface area contributed by atoms with Gasteiger partial charge in [0.05, 0.1) is 11.2 Å². The number of aromatic nitrogens is 4. The van der Waals surface area contributed by atoms with E-state index in [-0.39, 0.29) is 12.1 Å². The Hall–Kier alpha value is -2.56. The molecule has 0 saturated carbocycles. The van der Waals surface area contributed by atoms with Crippen LogP contribution in [0.4, 0.5) is 5.95 Å². The van der Waals surface area contributed by atoms with E-state index in [1.54, 1.807) is 28.6 Å². The van der Waals surface area contributed by atoms with Gasteiger partial charge in [0.2, 0.25) is 16.0 Å². The Bertz CT molecular complexity index is 1010. The number of nitrogens with two attached hydrogens (primary N) is 1. The third-order valence-corrected chi connectivity index (χ3v) is 6.29. The maximum Gasteiger partial charge on any atom is 0.243 e. The van der Waals surface area contributed by atoms with Crippen LogP contribution in [0.1, 0.15) is 19.3 Å². The van der Waals surface area contributed by atoms with Crippen molar-refractivity contribution >= 4 is 27.1 Å². The first kappa shape index (κ1) is 18.2. The summed E-state index contributed by atoms with van der Waals surface area (Å²) in [5.41, 5.74) is 8.21. The van der Waals surface area contributed by atoms with Gasteiger partial charge in [0.15, 0.2) is 5.65 Å². The Kier molecular flexibility index (Phi) is 4.90. The quantitative estimate of drug-likeness (QED) is 0.632. The van der Waals surface area contributed by atoms with Gasteiger partial charge in [-0.15, -0.1) is 0 Å². The van der Waals surface area contributed by atoms with Crippen LogP contribution in [0.5, 0.6) is 0 Å². The zero-order valence-electron chi connectivity index (χ0n) is 14.2. The van der Waals surface area contributed by atoms with Gasteiger partial charge in [-0.1, -0.05) is 18.6 Å². The van der Waals surface area contributed by atoms with Gasteiger partial charge in [-0.2, -0.15) is 9.29 Å². The first-order valence-corrected chi connectivity index (χ1v) is 9.57. The Balaban J connectivity index is 0.00000196. The number of imidazole rings is 1. The molecule has 9 nitrogen and oxygen atoms in total. The molecule has 138 valence electrons. The summed E-state index contributed by atoms with van der Waals surface area (Å²) >= 11 is 0. The summed E-state index contributed by atoms with van der Waals surface area (Å²) in [5.74, 6) is 0.136. The zero-order chi connectivity index (χ0) is 17.4. The largest absolute Gasteiger partial charge is 0.368 e. The lowest BCUT2D eigenvalue weighted by molar-refractivity contribution is 0.346. The second-order valence-corrected chi connectivity index (χ2v) is 7.96. The minimum absolute atomic E-state index is 0. The van der Waals surface area contributed by atoms with E-state index >= 15 is 0 Å². The fourth-order valence-electron chi connectivity index (χ4n) is 3.09. The number of piperidine rings is 1. The summed E-state index contributed by atoms with van der Waals surface area (Å²) in [6.45, 7) is 1.17. The number of fused-ring (bicyclic) bond motifs is 1. The smallest absolute Gasteiger partial charge is 0.243 e. The number of rotatable bonds is 3. The number of sulfonamides is 1. The lowest BCUT2D eigenvalue weighted by Crippen LogP contribution is -2.35. The number of H-pyrrole nitrogens is 1. The molecule has 3 heterocycles. The van der Waals surface area contributed by atoms with Crippen LogP contribution in [-0.4, -0.2) is 45.7 Å². The summed E-state index contributed by atoms with van der Waals surface area (Å²) in [5, 5.41) is 0. The van der Waals surface area contributed by atoms with Gasteiger partial charge in [-0.3, -0.25) is 0 Å². The van der Waals surface area contributed by atoms with Crippen molar-refractivity contribution in [1.82, 2.24) is 30.4 Å². The van der Waals surface area contributed by atoms with Crippen molar-refractivity contribution in [2.45, 2.75) is 24.2 Å². The van der Waals surface area contributed by atoms with Crippen LogP contribution in [0.3, 0.4) is 0 Å². The van der Waals surface area contributed by atoms with Crippen molar-refractivity contribution < 1.29 is 8.42 Å². The van der Waals surface area contributed by atoms with Gasteiger partial charge >= 0.3 is 0 Å². The molecular formula is C16H21N7O2S. The average molecular weight is 375 g/mol. The molecule has 0 radical (unpaired) electrons. The fourth-order valence-corrected chi connectivity index (χ4v) is 4.61. The van der Waals surface area contributed by atoms with E-state index in [9.17, 15) is 8.42 Å². The molecule has 1 aliphatic rings. The zero-order valence-corrected chi connectivity index (χ0v) is 15.0. The van der Waals surface area contributed by atoms with Crippen LogP contribution in [0.25, 0.3) is 22.4 Å². The maximum atomic E-state index is 12.7. The molecule has 0 spiro atoms. The van der Waals surface area contributed by atoms with Gasteiger partial charge in [0, 0.05) is 18.7 Å². The summed E-state index contributed by atoms with van der Waals surface area (Å²) in [6.07, 6.45) is 4.43. The molecule has 1 aromatic carbocycles. The van der Waals surface area contributed by atoms with E-state index in [0.29, 0.717) is 34.8 Å². The predicted octanol–water partition coefficient (Wildman–Crippen LogP) is 1.94. The monoisotopic (exact) mass is 375 g/mol. The molecular weight excluding hydrogens is 354 g/mol. The van der Waals surface area contributed by atoms with Gasteiger partial charge in [0.25, 0.3) is 0 Å². The number of anilines is 1. The Labute approximate surface area is 151 Å². The van der Waals surface area contributed by atoms with Crippen molar-refractivity contribution in [3.63, 3.8) is 0 Å². The highest BCUT2D eigenvalue weighted by Crippen LogP contribution is 2.27. The second-order valence-electron chi connectivity index (χ2n) is 6.02. The number of benzene rings is 1. The van der Waals surface area contributed by atoms with Crippen molar-refractivity contribution in [3.05, 3.63) is 30.6 Å². The van der Waals surface area contributed by atoms with Gasteiger partial charge in [-0.05, 0) is 25.0 Å². The topological polar surface area (TPSA) is 153 Å². The van der Waals surface area contributed by atoms with E-state index < -0.39 is 10.0 Å². The summed E-state index contributed by atoms with van der Waals surface area (Å²) in [4.78, 5) is 15.7. The normalized spacial score (nSPS) is 15.7. The van der Waals surface area contributed by atoms with Crippen LogP contribution in [0.2, 0.25) is 0 Å². The lowest BCUT2D eigenvalue weighted by atomic mass is 10.1. The SMILES string of the molecule is N.Nc1nc(-c2ccc(S(=O)(=O)N3CCCCC3)cc2)c2nc[nH]c2n1. The van der Waals surface area contributed by atoms with E-state index in [1.165, 1.54) is 6.33 Å². The standard InChI is InChI=1S/C16H18N6O2S.H3N/c17-16-20-13(14-15(21-16)19-10-18-14)11-4-6-12(7-5-11)25(23,24)22-8-2-1-3-9-22;/h4-7,10H,1-3,8-9H2,(H3,17,18,19,20,21);1H3. The van der Waals surface area contributed by atoms with E-state index in [1.807, 2.05) is 0 Å². The van der Waals surface area contributed by atoms with Gasteiger partial charge in [-0.25, -0.2) is 18.4 Å². The molecule has 0 atom stereocenters. The molecule has 2 aromatic heterocycles. The number of nitrogen functional groups attached to an aromatic ring is 1. The van der Waals surface area contributed by atoms with Gasteiger partial charge in [0.1, 0.15) is 11.2 Å². The average Bonchev–Trinajstić information content (AvgIpc) is 3.10. The number of nitrogens with one attached hydrogen (secondary N) is 1. The van der Waals surface area contributed by atoms with Crippen molar-refractivity contribution in [3.8, 4) is 11.3 Å². The summed E-state index contributed by atoms with van der Waals surface area (Å²) in [6, 6.07) is 6.67. The van der Waals surface area contributed by atoms with Crippen LogP contribution < -0.4 is 11.9 Å². The Morgan fingerprint density at radius 1 is 1.04 bits per heavy atom. The van der Waals surface area contributed by atoms with Crippen molar-refractivity contribution in [2.75, 3.05) is 18.8 Å². The second kappa shape index (κ2) is 6.98.